The molecule has 1 aliphatic carbocycles. The zero-order chi connectivity index (χ0) is 16.1. The molecule has 6 heteroatoms. The fourth-order valence-corrected chi connectivity index (χ4v) is 2.91. The van der Waals surface area contributed by atoms with Gasteiger partial charge in [-0.3, -0.25) is 9.59 Å². The van der Waals surface area contributed by atoms with Crippen molar-refractivity contribution in [2.75, 3.05) is 11.9 Å². The SMILES string of the molecule is Cc1cc(Cl)ccc1NC(=O)C(=O)NC1CCC(CO)CC1. The highest BCUT2D eigenvalue weighted by atomic mass is 35.5. The second-order valence-electron chi connectivity index (χ2n) is 5.79. The monoisotopic (exact) mass is 324 g/mol. The average molecular weight is 325 g/mol. The van der Waals surface area contributed by atoms with E-state index in [1.54, 1.807) is 18.2 Å². The Hall–Kier alpha value is -1.59. The number of hydrogen-bond acceptors (Lipinski definition) is 3. The number of nitrogens with one attached hydrogen (secondary N) is 2. The van der Waals surface area contributed by atoms with Crippen molar-refractivity contribution in [2.24, 2.45) is 5.92 Å². The second kappa shape index (κ2) is 7.61. The van der Waals surface area contributed by atoms with Gasteiger partial charge < -0.3 is 15.7 Å². The molecule has 2 rings (SSSR count). The van der Waals surface area contributed by atoms with Crippen molar-refractivity contribution >= 4 is 29.1 Å². The maximum Gasteiger partial charge on any atom is 0.313 e. The topological polar surface area (TPSA) is 78.4 Å². The summed E-state index contributed by atoms with van der Waals surface area (Å²) in [6, 6.07) is 5.08. The van der Waals surface area contributed by atoms with Crippen molar-refractivity contribution in [1.82, 2.24) is 5.32 Å². The summed E-state index contributed by atoms with van der Waals surface area (Å²) in [6.07, 6.45) is 3.34. The molecule has 1 aromatic rings. The Bertz CT molecular complexity index is 554. The largest absolute Gasteiger partial charge is 0.396 e. The number of rotatable bonds is 3. The van der Waals surface area contributed by atoms with Crippen LogP contribution in [0.5, 0.6) is 0 Å². The summed E-state index contributed by atoms with van der Waals surface area (Å²) >= 11 is 5.86. The molecule has 0 aliphatic heterocycles. The van der Waals surface area contributed by atoms with Crippen LogP contribution >= 0.6 is 11.6 Å². The van der Waals surface area contributed by atoms with Gasteiger partial charge in [-0.05, 0) is 62.3 Å². The van der Waals surface area contributed by atoms with Gasteiger partial charge in [0.25, 0.3) is 0 Å². The number of carbonyl (C=O) groups excluding carboxylic acids is 2. The molecular formula is C16H21ClN2O3. The van der Waals surface area contributed by atoms with Gasteiger partial charge in [-0.1, -0.05) is 11.6 Å². The van der Waals surface area contributed by atoms with E-state index >= 15 is 0 Å². The van der Waals surface area contributed by atoms with E-state index in [-0.39, 0.29) is 12.6 Å². The van der Waals surface area contributed by atoms with E-state index in [2.05, 4.69) is 10.6 Å². The van der Waals surface area contributed by atoms with Crippen LogP contribution in [-0.2, 0) is 9.59 Å². The number of aliphatic hydroxyl groups excluding tert-OH is 1. The third-order valence-corrected chi connectivity index (χ3v) is 4.32. The summed E-state index contributed by atoms with van der Waals surface area (Å²) in [6.45, 7) is 2.01. The smallest absolute Gasteiger partial charge is 0.313 e. The summed E-state index contributed by atoms with van der Waals surface area (Å²) in [7, 11) is 0. The lowest BCUT2D eigenvalue weighted by Gasteiger charge is -2.27. The first-order valence-corrected chi connectivity index (χ1v) is 7.86. The van der Waals surface area contributed by atoms with Crippen LogP contribution in [0.25, 0.3) is 0 Å². The lowest BCUT2D eigenvalue weighted by Crippen LogP contribution is -2.43. The standard InChI is InChI=1S/C16H21ClN2O3/c1-10-8-12(17)4-7-14(10)19-16(22)15(21)18-13-5-2-11(9-20)3-6-13/h4,7-8,11,13,20H,2-3,5-6,9H2,1H3,(H,18,21)(H,19,22). The molecule has 1 saturated carbocycles. The van der Waals surface area contributed by atoms with Crippen LogP contribution in [0.1, 0.15) is 31.2 Å². The molecule has 0 saturated heterocycles. The predicted molar refractivity (Wildman–Crippen MR) is 85.8 cm³/mol. The Labute approximate surface area is 135 Å². The Morgan fingerprint density at radius 1 is 1.23 bits per heavy atom. The van der Waals surface area contributed by atoms with Gasteiger partial charge in [-0.2, -0.15) is 0 Å². The van der Waals surface area contributed by atoms with Crippen molar-refractivity contribution < 1.29 is 14.7 Å². The molecule has 1 fully saturated rings. The van der Waals surface area contributed by atoms with Gasteiger partial charge in [0.15, 0.2) is 0 Å². The Kier molecular flexibility index (Phi) is 5.80. The highest BCUT2D eigenvalue weighted by Gasteiger charge is 2.24. The van der Waals surface area contributed by atoms with Gasteiger partial charge in [0.05, 0.1) is 0 Å². The summed E-state index contributed by atoms with van der Waals surface area (Å²) in [4.78, 5) is 23.9. The fraction of sp³-hybridized carbons (Fsp3) is 0.500. The normalized spacial score (nSPS) is 21.2. The van der Waals surface area contributed by atoms with Crippen LogP contribution in [-0.4, -0.2) is 29.6 Å². The first kappa shape index (κ1) is 16.8. The van der Waals surface area contributed by atoms with Crippen LogP contribution in [0.4, 0.5) is 5.69 Å². The van der Waals surface area contributed by atoms with Gasteiger partial charge in [-0.25, -0.2) is 0 Å². The summed E-state index contributed by atoms with van der Waals surface area (Å²) in [5.41, 5.74) is 1.38. The number of aryl methyl sites for hydroxylation is 1. The molecule has 0 aromatic heterocycles. The zero-order valence-electron chi connectivity index (χ0n) is 12.6. The van der Waals surface area contributed by atoms with Crippen LogP contribution in [0.15, 0.2) is 18.2 Å². The molecule has 1 aromatic carbocycles. The number of halogens is 1. The molecule has 3 N–H and O–H groups in total. The van der Waals surface area contributed by atoms with Crippen LogP contribution < -0.4 is 10.6 Å². The summed E-state index contributed by atoms with van der Waals surface area (Å²) in [5.74, 6) is -0.977. The molecule has 2 amide bonds. The lowest BCUT2D eigenvalue weighted by atomic mass is 9.86. The van der Waals surface area contributed by atoms with Crippen LogP contribution in [0.3, 0.4) is 0 Å². The van der Waals surface area contributed by atoms with E-state index in [4.69, 9.17) is 16.7 Å². The summed E-state index contributed by atoms with van der Waals surface area (Å²) < 4.78 is 0. The van der Waals surface area contributed by atoms with E-state index in [0.717, 1.165) is 31.2 Å². The molecule has 5 nitrogen and oxygen atoms in total. The quantitative estimate of drug-likeness (QED) is 0.746. The molecule has 0 bridgehead atoms. The number of hydrogen-bond donors (Lipinski definition) is 3. The van der Waals surface area contributed by atoms with Crippen molar-refractivity contribution in [3.63, 3.8) is 0 Å². The van der Waals surface area contributed by atoms with Gasteiger partial charge >= 0.3 is 11.8 Å². The minimum Gasteiger partial charge on any atom is -0.396 e. The molecule has 0 spiro atoms. The molecule has 0 radical (unpaired) electrons. The van der Waals surface area contributed by atoms with E-state index in [9.17, 15) is 9.59 Å². The van der Waals surface area contributed by atoms with Crippen molar-refractivity contribution in [3.05, 3.63) is 28.8 Å². The minimum absolute atomic E-state index is 0.00682. The zero-order valence-corrected chi connectivity index (χ0v) is 13.3. The number of anilines is 1. The third-order valence-electron chi connectivity index (χ3n) is 4.08. The Morgan fingerprint density at radius 2 is 1.91 bits per heavy atom. The fourth-order valence-electron chi connectivity index (χ4n) is 2.69. The van der Waals surface area contributed by atoms with E-state index < -0.39 is 11.8 Å². The van der Waals surface area contributed by atoms with Gasteiger partial charge in [-0.15, -0.1) is 0 Å². The molecule has 0 unspecified atom stereocenters. The molecular weight excluding hydrogens is 304 g/mol. The molecule has 1 aliphatic rings. The number of benzene rings is 1. The first-order valence-electron chi connectivity index (χ1n) is 7.48. The van der Waals surface area contributed by atoms with E-state index in [1.165, 1.54) is 0 Å². The summed E-state index contributed by atoms with van der Waals surface area (Å²) in [5, 5.41) is 15.0. The van der Waals surface area contributed by atoms with Gasteiger partial charge in [0, 0.05) is 23.4 Å². The number of aliphatic hydroxyl groups is 1. The minimum atomic E-state index is -0.672. The average Bonchev–Trinajstić information content (AvgIpc) is 2.50. The van der Waals surface area contributed by atoms with Crippen LogP contribution in [0, 0.1) is 12.8 Å². The predicted octanol–water partition coefficient (Wildman–Crippen LogP) is 2.25. The van der Waals surface area contributed by atoms with Crippen molar-refractivity contribution in [2.45, 2.75) is 38.6 Å². The lowest BCUT2D eigenvalue weighted by molar-refractivity contribution is -0.136. The molecule has 22 heavy (non-hydrogen) atoms. The van der Waals surface area contributed by atoms with Crippen molar-refractivity contribution in [1.29, 1.82) is 0 Å². The highest BCUT2D eigenvalue weighted by molar-refractivity contribution is 6.39. The molecule has 0 heterocycles. The maximum absolute atomic E-state index is 11.9. The highest BCUT2D eigenvalue weighted by Crippen LogP contribution is 2.24. The van der Waals surface area contributed by atoms with E-state index in [1.807, 2.05) is 6.92 Å². The molecule has 120 valence electrons. The second-order valence-corrected chi connectivity index (χ2v) is 6.22. The van der Waals surface area contributed by atoms with Gasteiger partial charge in [0.1, 0.15) is 0 Å². The molecule has 0 atom stereocenters. The maximum atomic E-state index is 11.9. The van der Waals surface area contributed by atoms with Crippen molar-refractivity contribution in [3.8, 4) is 0 Å². The van der Waals surface area contributed by atoms with Gasteiger partial charge in [0.2, 0.25) is 0 Å². The van der Waals surface area contributed by atoms with E-state index in [0.29, 0.717) is 16.6 Å². The number of amides is 2. The third kappa shape index (κ3) is 4.45. The van der Waals surface area contributed by atoms with Crippen LogP contribution in [0.2, 0.25) is 5.02 Å². The number of carbonyl (C=O) groups is 2. The first-order chi connectivity index (χ1) is 10.5. The Morgan fingerprint density at radius 3 is 2.50 bits per heavy atom. The Balaban J connectivity index is 1.86.